The van der Waals surface area contributed by atoms with Crippen LogP contribution in [0.2, 0.25) is 0 Å². The van der Waals surface area contributed by atoms with Gasteiger partial charge in [0, 0.05) is 18.8 Å². The van der Waals surface area contributed by atoms with E-state index in [1.54, 1.807) is 6.07 Å². The molecule has 1 aliphatic heterocycles. The Balaban J connectivity index is 1.75. The minimum Gasteiger partial charge on any atom is -0.339 e. The lowest BCUT2D eigenvalue weighted by atomic mass is 10.00. The summed E-state index contributed by atoms with van der Waals surface area (Å²) in [5.74, 6) is 1.55. The molecule has 0 spiro atoms. The van der Waals surface area contributed by atoms with Gasteiger partial charge in [0.25, 0.3) is 0 Å². The molecule has 8 heteroatoms. The van der Waals surface area contributed by atoms with Gasteiger partial charge in [0.2, 0.25) is 5.95 Å². The normalized spacial score (nSPS) is 16.2. The molecule has 1 fully saturated rings. The van der Waals surface area contributed by atoms with E-state index in [1.165, 1.54) is 12.3 Å². The zero-order valence-corrected chi connectivity index (χ0v) is 13.2. The molecule has 0 saturated carbocycles. The van der Waals surface area contributed by atoms with E-state index in [4.69, 9.17) is 0 Å². The topological polar surface area (TPSA) is 53.9 Å². The van der Waals surface area contributed by atoms with Gasteiger partial charge in [0.1, 0.15) is 0 Å². The van der Waals surface area contributed by atoms with Gasteiger partial charge in [-0.2, -0.15) is 23.3 Å². The molecule has 2 aromatic rings. The van der Waals surface area contributed by atoms with Crippen LogP contribution in [-0.4, -0.2) is 28.3 Å². The van der Waals surface area contributed by atoms with Gasteiger partial charge in [-0.3, -0.25) is 0 Å². The number of piperidine rings is 1. The van der Waals surface area contributed by atoms with Crippen LogP contribution in [-0.2, 0) is 6.18 Å². The van der Waals surface area contributed by atoms with Gasteiger partial charge in [-0.25, -0.2) is 0 Å². The van der Waals surface area contributed by atoms with Gasteiger partial charge in [-0.05, 0) is 37.0 Å². The number of anilines is 3. The van der Waals surface area contributed by atoms with Crippen LogP contribution in [0.4, 0.5) is 30.6 Å². The largest absolute Gasteiger partial charge is 0.416 e. The maximum atomic E-state index is 12.8. The average molecular weight is 337 g/mol. The van der Waals surface area contributed by atoms with Crippen LogP contribution in [0.1, 0.15) is 25.3 Å². The molecule has 0 atom stereocenters. The van der Waals surface area contributed by atoms with Crippen molar-refractivity contribution in [2.45, 2.75) is 25.9 Å². The molecule has 3 rings (SSSR count). The molecule has 2 heterocycles. The summed E-state index contributed by atoms with van der Waals surface area (Å²) in [5.41, 5.74) is -0.400. The third-order valence-electron chi connectivity index (χ3n) is 4.08. The predicted octanol–water partition coefficient (Wildman–Crippen LogP) is 3.87. The van der Waals surface area contributed by atoms with Crippen molar-refractivity contribution in [3.8, 4) is 0 Å². The van der Waals surface area contributed by atoms with Crippen molar-refractivity contribution < 1.29 is 13.2 Å². The quantitative estimate of drug-likeness (QED) is 0.921. The first-order valence-electron chi connectivity index (χ1n) is 7.81. The van der Waals surface area contributed by atoms with E-state index in [-0.39, 0.29) is 0 Å². The zero-order chi connectivity index (χ0) is 17.2. The second-order valence-corrected chi connectivity index (χ2v) is 6.01. The Bertz CT molecular complexity index is 696. The summed E-state index contributed by atoms with van der Waals surface area (Å²) in [5, 5.41) is 10.8. The highest BCUT2D eigenvalue weighted by Crippen LogP contribution is 2.31. The molecular formula is C16H18F3N5. The van der Waals surface area contributed by atoms with Crippen LogP contribution in [0.3, 0.4) is 0 Å². The van der Waals surface area contributed by atoms with Crippen molar-refractivity contribution in [3.63, 3.8) is 0 Å². The van der Waals surface area contributed by atoms with Crippen LogP contribution in [0.25, 0.3) is 0 Å². The molecule has 1 aliphatic rings. The number of rotatable bonds is 3. The molecule has 0 unspecified atom stereocenters. The lowest BCUT2D eigenvalue weighted by molar-refractivity contribution is -0.137. The molecule has 1 aromatic heterocycles. The van der Waals surface area contributed by atoms with E-state index in [1.807, 2.05) is 4.90 Å². The van der Waals surface area contributed by atoms with Gasteiger partial charge in [-0.15, -0.1) is 5.10 Å². The summed E-state index contributed by atoms with van der Waals surface area (Å²) in [6.45, 7) is 3.92. The van der Waals surface area contributed by atoms with E-state index in [9.17, 15) is 13.2 Å². The third kappa shape index (κ3) is 3.93. The number of alkyl halides is 3. The number of benzene rings is 1. The highest BCUT2D eigenvalue weighted by molar-refractivity contribution is 5.57. The molecule has 0 amide bonds. The van der Waals surface area contributed by atoms with Crippen molar-refractivity contribution in [1.82, 2.24) is 15.2 Å². The standard InChI is InChI=1S/C16H18F3N5/c1-11-5-7-24(8-6-11)15-22-14(10-20-23-15)21-13-4-2-3-12(9-13)16(17,18)19/h2-4,9-11H,5-8H2,1H3,(H,21,22,23). The minimum absolute atomic E-state index is 0.309. The maximum absolute atomic E-state index is 12.8. The van der Waals surface area contributed by atoms with Crippen LogP contribution in [0.5, 0.6) is 0 Å². The fourth-order valence-corrected chi connectivity index (χ4v) is 2.62. The van der Waals surface area contributed by atoms with E-state index < -0.39 is 11.7 Å². The molecular weight excluding hydrogens is 319 g/mol. The second-order valence-electron chi connectivity index (χ2n) is 6.01. The molecule has 0 bridgehead atoms. The molecule has 128 valence electrons. The third-order valence-corrected chi connectivity index (χ3v) is 4.08. The Labute approximate surface area is 137 Å². The average Bonchev–Trinajstić information content (AvgIpc) is 2.55. The molecule has 1 saturated heterocycles. The van der Waals surface area contributed by atoms with Gasteiger partial charge < -0.3 is 10.2 Å². The van der Waals surface area contributed by atoms with E-state index in [0.29, 0.717) is 23.4 Å². The van der Waals surface area contributed by atoms with E-state index in [0.717, 1.165) is 38.1 Å². The first-order valence-corrected chi connectivity index (χ1v) is 7.81. The number of nitrogens with one attached hydrogen (secondary N) is 1. The summed E-state index contributed by atoms with van der Waals surface area (Å²) >= 11 is 0. The van der Waals surface area contributed by atoms with Crippen molar-refractivity contribution in [1.29, 1.82) is 0 Å². The van der Waals surface area contributed by atoms with Crippen molar-refractivity contribution in [3.05, 3.63) is 36.0 Å². The lowest BCUT2D eigenvalue weighted by Gasteiger charge is -2.29. The van der Waals surface area contributed by atoms with Crippen molar-refractivity contribution in [2.24, 2.45) is 5.92 Å². The summed E-state index contributed by atoms with van der Waals surface area (Å²) in [6.07, 6.45) is -0.850. The van der Waals surface area contributed by atoms with E-state index in [2.05, 4.69) is 27.4 Å². The van der Waals surface area contributed by atoms with Crippen LogP contribution in [0, 0.1) is 5.92 Å². The summed E-state index contributed by atoms with van der Waals surface area (Å²) in [7, 11) is 0. The van der Waals surface area contributed by atoms with Gasteiger partial charge >= 0.3 is 6.18 Å². The van der Waals surface area contributed by atoms with Crippen molar-refractivity contribution >= 4 is 17.5 Å². The summed E-state index contributed by atoms with van der Waals surface area (Å²) in [6, 6.07) is 4.99. The Kier molecular flexibility index (Phi) is 4.55. The Hall–Kier alpha value is -2.38. The van der Waals surface area contributed by atoms with Gasteiger partial charge in [-0.1, -0.05) is 13.0 Å². The van der Waals surface area contributed by atoms with Crippen LogP contribution >= 0.6 is 0 Å². The molecule has 1 aromatic carbocycles. The molecule has 0 aliphatic carbocycles. The summed E-state index contributed by atoms with van der Waals surface area (Å²) < 4.78 is 38.3. The zero-order valence-electron chi connectivity index (χ0n) is 13.2. The lowest BCUT2D eigenvalue weighted by Crippen LogP contribution is -2.34. The molecule has 5 nitrogen and oxygen atoms in total. The first-order chi connectivity index (χ1) is 11.4. The highest BCUT2D eigenvalue weighted by Gasteiger charge is 2.30. The maximum Gasteiger partial charge on any atom is 0.416 e. The molecule has 1 N–H and O–H groups in total. The molecule has 0 radical (unpaired) electrons. The highest BCUT2D eigenvalue weighted by atomic mass is 19.4. The fraction of sp³-hybridized carbons (Fsp3) is 0.438. The number of halogens is 3. The number of hydrogen-bond acceptors (Lipinski definition) is 5. The van der Waals surface area contributed by atoms with Crippen LogP contribution in [0.15, 0.2) is 30.5 Å². The van der Waals surface area contributed by atoms with Gasteiger partial charge in [0.05, 0.1) is 11.8 Å². The SMILES string of the molecule is CC1CCN(c2nncc(Nc3cccc(C(F)(F)F)c3)n2)CC1. The Morgan fingerprint density at radius 2 is 1.96 bits per heavy atom. The molecule has 24 heavy (non-hydrogen) atoms. The predicted molar refractivity (Wildman–Crippen MR) is 85.2 cm³/mol. The monoisotopic (exact) mass is 337 g/mol. The minimum atomic E-state index is -4.38. The van der Waals surface area contributed by atoms with Gasteiger partial charge in [0.15, 0.2) is 5.82 Å². The number of aromatic nitrogens is 3. The first kappa shape index (κ1) is 16.5. The smallest absolute Gasteiger partial charge is 0.339 e. The summed E-state index contributed by atoms with van der Waals surface area (Å²) in [4.78, 5) is 6.41. The number of nitrogens with zero attached hydrogens (tertiary/aromatic N) is 4. The van der Waals surface area contributed by atoms with Crippen molar-refractivity contribution in [2.75, 3.05) is 23.3 Å². The van der Waals surface area contributed by atoms with E-state index >= 15 is 0 Å². The number of hydrogen-bond donors (Lipinski definition) is 1. The Morgan fingerprint density at radius 1 is 1.21 bits per heavy atom. The second kappa shape index (κ2) is 6.62. The fourth-order valence-electron chi connectivity index (χ4n) is 2.62. The van der Waals surface area contributed by atoms with Crippen LogP contribution < -0.4 is 10.2 Å². The Morgan fingerprint density at radius 3 is 2.67 bits per heavy atom.